The number of hydrogen-bond donors (Lipinski definition) is 1. The van der Waals surface area contributed by atoms with E-state index in [0.29, 0.717) is 6.54 Å². The summed E-state index contributed by atoms with van der Waals surface area (Å²) in [6.07, 6.45) is 3.49. The van der Waals surface area contributed by atoms with E-state index in [4.69, 9.17) is 4.74 Å². The predicted molar refractivity (Wildman–Crippen MR) is 72.2 cm³/mol. The Labute approximate surface area is 112 Å². The molecule has 1 aromatic carbocycles. The number of para-hydroxylation sites is 2. The minimum absolute atomic E-state index is 0.0240. The quantitative estimate of drug-likeness (QED) is 0.899. The molecule has 1 N–H and O–H groups in total. The Balaban J connectivity index is 1.90. The molecule has 0 fully saturated rings. The van der Waals surface area contributed by atoms with Gasteiger partial charge in [0.25, 0.3) is 0 Å². The van der Waals surface area contributed by atoms with Crippen molar-refractivity contribution in [1.82, 2.24) is 9.55 Å². The molecule has 2 aromatic rings. The number of aryl methyl sites for hydroxylation is 1. The molecule has 1 unspecified atom stereocenters. The van der Waals surface area contributed by atoms with Crippen LogP contribution in [-0.4, -0.2) is 33.9 Å². The minimum Gasteiger partial charge on any atom is -0.484 e. The maximum atomic E-state index is 9.35. The lowest BCUT2D eigenvalue weighted by Crippen LogP contribution is -2.41. The van der Waals surface area contributed by atoms with Gasteiger partial charge < -0.3 is 19.3 Å². The molecule has 1 aliphatic rings. The lowest BCUT2D eigenvalue weighted by atomic mass is 10.2. The molecule has 0 bridgehead atoms. The fourth-order valence-electron chi connectivity index (χ4n) is 2.36. The van der Waals surface area contributed by atoms with Crippen LogP contribution < -0.4 is 9.64 Å². The summed E-state index contributed by atoms with van der Waals surface area (Å²) in [7, 11) is 1.98. The highest BCUT2D eigenvalue weighted by Crippen LogP contribution is 2.33. The highest BCUT2D eigenvalue weighted by Gasteiger charge is 2.25. The lowest BCUT2D eigenvalue weighted by Gasteiger charge is -2.35. The summed E-state index contributed by atoms with van der Waals surface area (Å²) >= 11 is 0. The third-order valence-corrected chi connectivity index (χ3v) is 3.40. The molecule has 1 atom stereocenters. The second-order valence-electron chi connectivity index (χ2n) is 4.77. The average Bonchev–Trinajstić information content (AvgIpc) is 2.84. The van der Waals surface area contributed by atoms with Gasteiger partial charge in [-0.1, -0.05) is 12.1 Å². The standard InChI is InChI=1S/C14H17N3O2/c1-16-10-15-6-11(16)7-17-8-12(9-18)19-14-5-3-2-4-13(14)17/h2-6,10,12,18H,7-9H2,1H3. The highest BCUT2D eigenvalue weighted by atomic mass is 16.5. The molecule has 2 heterocycles. The van der Waals surface area contributed by atoms with Gasteiger partial charge in [0.15, 0.2) is 0 Å². The molecule has 19 heavy (non-hydrogen) atoms. The molecule has 5 heteroatoms. The van der Waals surface area contributed by atoms with Gasteiger partial charge in [-0.2, -0.15) is 0 Å². The number of nitrogens with zero attached hydrogens (tertiary/aromatic N) is 3. The molecule has 3 rings (SSSR count). The summed E-state index contributed by atoms with van der Waals surface area (Å²) in [6, 6.07) is 7.92. The molecule has 0 radical (unpaired) electrons. The van der Waals surface area contributed by atoms with Crippen LogP contribution in [0.2, 0.25) is 0 Å². The maximum Gasteiger partial charge on any atom is 0.143 e. The Kier molecular flexibility index (Phi) is 3.13. The van der Waals surface area contributed by atoms with Gasteiger partial charge in [-0.05, 0) is 12.1 Å². The van der Waals surface area contributed by atoms with Crippen molar-refractivity contribution in [1.29, 1.82) is 0 Å². The van der Waals surface area contributed by atoms with Crippen molar-refractivity contribution in [2.75, 3.05) is 18.1 Å². The highest BCUT2D eigenvalue weighted by molar-refractivity contribution is 5.60. The molecule has 1 aromatic heterocycles. The first kappa shape index (κ1) is 12.0. The molecular weight excluding hydrogens is 242 g/mol. The van der Waals surface area contributed by atoms with E-state index in [1.165, 1.54) is 0 Å². The third kappa shape index (κ3) is 2.29. The van der Waals surface area contributed by atoms with E-state index in [2.05, 4.69) is 9.88 Å². The zero-order valence-corrected chi connectivity index (χ0v) is 10.9. The van der Waals surface area contributed by atoms with Crippen LogP contribution in [0.15, 0.2) is 36.8 Å². The molecule has 5 nitrogen and oxygen atoms in total. The van der Waals surface area contributed by atoms with Crippen LogP contribution in [0.4, 0.5) is 5.69 Å². The van der Waals surface area contributed by atoms with E-state index >= 15 is 0 Å². The van der Waals surface area contributed by atoms with E-state index in [-0.39, 0.29) is 12.7 Å². The molecule has 0 saturated heterocycles. The summed E-state index contributed by atoms with van der Waals surface area (Å²) in [5.74, 6) is 0.829. The topological polar surface area (TPSA) is 50.5 Å². The first-order valence-corrected chi connectivity index (χ1v) is 6.34. The predicted octanol–water partition coefficient (Wildman–Crippen LogP) is 1.18. The van der Waals surface area contributed by atoms with Crippen molar-refractivity contribution in [3.63, 3.8) is 0 Å². The van der Waals surface area contributed by atoms with Gasteiger partial charge in [-0.3, -0.25) is 0 Å². The van der Waals surface area contributed by atoms with Crippen molar-refractivity contribution in [2.45, 2.75) is 12.6 Å². The van der Waals surface area contributed by atoms with Crippen LogP contribution in [0.3, 0.4) is 0 Å². The van der Waals surface area contributed by atoms with Crippen molar-refractivity contribution >= 4 is 5.69 Å². The number of imidazole rings is 1. The summed E-state index contributed by atoms with van der Waals surface area (Å²) in [5.41, 5.74) is 2.20. The molecule has 0 spiro atoms. The molecule has 0 saturated carbocycles. The van der Waals surface area contributed by atoms with E-state index in [1.54, 1.807) is 6.33 Å². The fraction of sp³-hybridized carbons (Fsp3) is 0.357. The number of hydrogen-bond acceptors (Lipinski definition) is 4. The molecule has 0 aliphatic carbocycles. The van der Waals surface area contributed by atoms with Gasteiger partial charge in [-0.25, -0.2) is 4.98 Å². The summed E-state index contributed by atoms with van der Waals surface area (Å²) in [6.45, 7) is 1.46. The number of benzene rings is 1. The SMILES string of the molecule is Cn1cncc1CN1CC(CO)Oc2ccccc21. The fourth-order valence-corrected chi connectivity index (χ4v) is 2.36. The van der Waals surface area contributed by atoms with E-state index in [9.17, 15) is 5.11 Å². The molecule has 1 aliphatic heterocycles. The summed E-state index contributed by atoms with van der Waals surface area (Å²) < 4.78 is 7.75. The van der Waals surface area contributed by atoms with Crippen LogP contribution in [0.1, 0.15) is 5.69 Å². The number of ether oxygens (including phenoxy) is 1. The van der Waals surface area contributed by atoms with Gasteiger partial charge in [-0.15, -0.1) is 0 Å². The summed E-state index contributed by atoms with van der Waals surface area (Å²) in [4.78, 5) is 6.36. The van der Waals surface area contributed by atoms with E-state index in [0.717, 1.165) is 23.7 Å². The Bertz CT molecular complexity index is 567. The largest absolute Gasteiger partial charge is 0.484 e. The normalized spacial score (nSPS) is 18.0. The number of aromatic nitrogens is 2. The molecule has 0 amide bonds. The number of aliphatic hydroxyl groups is 1. The number of rotatable bonds is 3. The molecule has 100 valence electrons. The number of aliphatic hydroxyl groups excluding tert-OH is 1. The van der Waals surface area contributed by atoms with Gasteiger partial charge in [0.1, 0.15) is 11.9 Å². The second-order valence-corrected chi connectivity index (χ2v) is 4.77. The Morgan fingerprint density at radius 2 is 2.26 bits per heavy atom. The van der Waals surface area contributed by atoms with Crippen molar-refractivity contribution < 1.29 is 9.84 Å². The van der Waals surface area contributed by atoms with Gasteiger partial charge in [0.2, 0.25) is 0 Å². The maximum absolute atomic E-state index is 9.35. The smallest absolute Gasteiger partial charge is 0.143 e. The van der Waals surface area contributed by atoms with Crippen molar-refractivity contribution in [3.05, 3.63) is 42.5 Å². The van der Waals surface area contributed by atoms with Crippen LogP contribution in [0.25, 0.3) is 0 Å². The van der Waals surface area contributed by atoms with Gasteiger partial charge >= 0.3 is 0 Å². The number of anilines is 1. The van der Waals surface area contributed by atoms with Gasteiger partial charge in [0.05, 0.1) is 37.4 Å². The third-order valence-electron chi connectivity index (χ3n) is 3.40. The van der Waals surface area contributed by atoms with Crippen molar-refractivity contribution in [3.8, 4) is 5.75 Å². The van der Waals surface area contributed by atoms with Crippen LogP contribution >= 0.6 is 0 Å². The minimum atomic E-state index is -0.178. The zero-order chi connectivity index (χ0) is 13.2. The van der Waals surface area contributed by atoms with Gasteiger partial charge in [0, 0.05) is 13.2 Å². The average molecular weight is 259 g/mol. The Morgan fingerprint density at radius 3 is 3.00 bits per heavy atom. The van der Waals surface area contributed by atoms with Crippen LogP contribution in [0.5, 0.6) is 5.75 Å². The van der Waals surface area contributed by atoms with Crippen molar-refractivity contribution in [2.24, 2.45) is 7.05 Å². The molecular formula is C14H17N3O2. The lowest BCUT2D eigenvalue weighted by molar-refractivity contribution is 0.112. The van der Waals surface area contributed by atoms with Crippen LogP contribution in [0, 0.1) is 0 Å². The Hall–Kier alpha value is -2.01. The monoisotopic (exact) mass is 259 g/mol. The van der Waals surface area contributed by atoms with E-state index in [1.807, 2.05) is 42.1 Å². The summed E-state index contributed by atoms with van der Waals surface area (Å²) in [5, 5.41) is 9.35. The Morgan fingerprint density at radius 1 is 1.42 bits per heavy atom. The second kappa shape index (κ2) is 4.93. The first-order chi connectivity index (χ1) is 9.28. The first-order valence-electron chi connectivity index (χ1n) is 6.34. The van der Waals surface area contributed by atoms with Crippen LogP contribution in [-0.2, 0) is 13.6 Å². The number of fused-ring (bicyclic) bond motifs is 1. The van der Waals surface area contributed by atoms with E-state index < -0.39 is 0 Å². The zero-order valence-electron chi connectivity index (χ0n) is 10.9.